The molecule has 0 aliphatic heterocycles. The monoisotopic (exact) mass is 342 g/mol. The van der Waals surface area contributed by atoms with Crippen LogP contribution in [0.15, 0.2) is 18.2 Å². The Kier molecular flexibility index (Phi) is 4.50. The molecule has 0 aromatic heterocycles. The van der Waals surface area contributed by atoms with E-state index in [1.807, 2.05) is 34.7 Å². The summed E-state index contributed by atoms with van der Waals surface area (Å²) >= 11 is 5.34. The number of aryl methyl sites for hydroxylation is 1. The van der Waals surface area contributed by atoms with Gasteiger partial charge < -0.3 is 0 Å². The van der Waals surface area contributed by atoms with Crippen LogP contribution in [0.2, 0.25) is 0 Å². The van der Waals surface area contributed by atoms with Gasteiger partial charge in [0.25, 0.3) is 0 Å². The molecule has 0 aliphatic carbocycles. The zero-order valence-electron chi connectivity index (χ0n) is 6.49. The van der Waals surface area contributed by atoms with Gasteiger partial charge in [0.2, 0.25) is 0 Å². The van der Waals surface area contributed by atoms with Gasteiger partial charge in [-0.1, -0.05) is 28.1 Å². The van der Waals surface area contributed by atoms with E-state index in [0.717, 1.165) is 23.7 Å². The van der Waals surface area contributed by atoms with Crippen LogP contribution in [0.4, 0.5) is 4.39 Å². The Morgan fingerprint density at radius 3 is 2.83 bits per heavy atom. The Morgan fingerprint density at radius 2 is 2.17 bits per heavy atom. The van der Waals surface area contributed by atoms with Gasteiger partial charge in [-0.3, -0.25) is 0 Å². The standard InChI is InChI=1S/C9H9BrFI/c10-6-2-4-7-3-1-5-8(12)9(7)11/h1,3,5H,2,4,6H2. The molecule has 0 radical (unpaired) electrons. The lowest BCUT2D eigenvalue weighted by Gasteiger charge is -2.02. The Balaban J connectivity index is 2.78. The third-order valence-corrected chi connectivity index (χ3v) is 3.01. The van der Waals surface area contributed by atoms with Crippen molar-refractivity contribution in [1.29, 1.82) is 0 Å². The minimum absolute atomic E-state index is 0.0564. The highest BCUT2D eigenvalue weighted by Gasteiger charge is 2.03. The lowest BCUT2D eigenvalue weighted by Crippen LogP contribution is -1.93. The minimum Gasteiger partial charge on any atom is -0.206 e. The molecule has 3 heteroatoms. The molecule has 0 heterocycles. The molecule has 0 bridgehead atoms. The van der Waals surface area contributed by atoms with Crippen molar-refractivity contribution < 1.29 is 4.39 Å². The molecule has 0 fully saturated rings. The number of alkyl halides is 1. The summed E-state index contributed by atoms with van der Waals surface area (Å²) in [7, 11) is 0. The molecule has 0 nitrogen and oxygen atoms in total. The average molecular weight is 343 g/mol. The van der Waals surface area contributed by atoms with Crippen molar-refractivity contribution in [2.24, 2.45) is 0 Å². The summed E-state index contributed by atoms with van der Waals surface area (Å²) in [5.74, 6) is -0.0564. The van der Waals surface area contributed by atoms with Crippen LogP contribution < -0.4 is 0 Å². The van der Waals surface area contributed by atoms with Gasteiger partial charge in [-0.2, -0.15) is 0 Å². The average Bonchev–Trinajstić information content (AvgIpc) is 2.08. The number of benzene rings is 1. The number of rotatable bonds is 3. The molecule has 0 aliphatic rings. The van der Waals surface area contributed by atoms with Crippen LogP contribution in [0.3, 0.4) is 0 Å². The summed E-state index contributed by atoms with van der Waals surface area (Å²) < 4.78 is 14.0. The summed E-state index contributed by atoms with van der Waals surface area (Å²) in [6.07, 6.45) is 1.80. The molecule has 0 unspecified atom stereocenters. The normalized spacial score (nSPS) is 10.2. The predicted molar refractivity (Wildman–Crippen MR) is 61.2 cm³/mol. The van der Waals surface area contributed by atoms with Crippen molar-refractivity contribution in [2.45, 2.75) is 12.8 Å². The van der Waals surface area contributed by atoms with Crippen molar-refractivity contribution in [1.82, 2.24) is 0 Å². The minimum atomic E-state index is -0.0564. The van der Waals surface area contributed by atoms with E-state index in [-0.39, 0.29) is 5.82 Å². The zero-order chi connectivity index (χ0) is 8.97. The number of hydrogen-bond acceptors (Lipinski definition) is 0. The van der Waals surface area contributed by atoms with Gasteiger partial charge in [0, 0.05) is 8.90 Å². The Labute approximate surface area is 93.8 Å². The quantitative estimate of drug-likeness (QED) is 0.579. The number of hydrogen-bond donors (Lipinski definition) is 0. The van der Waals surface area contributed by atoms with Crippen LogP contribution in [0, 0.1) is 9.39 Å². The highest BCUT2D eigenvalue weighted by molar-refractivity contribution is 14.1. The van der Waals surface area contributed by atoms with E-state index in [4.69, 9.17) is 0 Å². The van der Waals surface area contributed by atoms with Gasteiger partial charge in [0.15, 0.2) is 0 Å². The van der Waals surface area contributed by atoms with E-state index in [2.05, 4.69) is 15.9 Å². The van der Waals surface area contributed by atoms with E-state index >= 15 is 0 Å². The first kappa shape index (κ1) is 10.4. The predicted octanol–water partition coefficient (Wildman–Crippen LogP) is 3.76. The fraction of sp³-hybridized carbons (Fsp3) is 0.333. The third-order valence-electron chi connectivity index (χ3n) is 1.61. The van der Waals surface area contributed by atoms with Gasteiger partial charge >= 0.3 is 0 Å². The molecular formula is C9H9BrFI. The van der Waals surface area contributed by atoms with E-state index in [9.17, 15) is 4.39 Å². The van der Waals surface area contributed by atoms with Crippen LogP contribution in [0.5, 0.6) is 0 Å². The Bertz CT molecular complexity index is 263. The maximum absolute atomic E-state index is 13.3. The summed E-state index contributed by atoms with van der Waals surface area (Å²) in [6.45, 7) is 0. The first-order valence-corrected chi connectivity index (χ1v) is 5.94. The molecule has 0 spiro atoms. The second kappa shape index (κ2) is 5.17. The van der Waals surface area contributed by atoms with Crippen LogP contribution in [-0.2, 0) is 6.42 Å². The molecule has 66 valence electrons. The topological polar surface area (TPSA) is 0 Å². The number of halogens is 3. The van der Waals surface area contributed by atoms with Gasteiger partial charge in [0.1, 0.15) is 5.82 Å². The molecular weight excluding hydrogens is 334 g/mol. The van der Waals surface area contributed by atoms with Crippen molar-refractivity contribution in [3.05, 3.63) is 33.1 Å². The van der Waals surface area contributed by atoms with E-state index in [0.29, 0.717) is 3.57 Å². The SMILES string of the molecule is Fc1c(I)cccc1CCCBr. The van der Waals surface area contributed by atoms with Gasteiger partial charge in [-0.25, -0.2) is 4.39 Å². The lowest BCUT2D eigenvalue weighted by atomic mass is 10.1. The van der Waals surface area contributed by atoms with Crippen molar-refractivity contribution in [3.8, 4) is 0 Å². The van der Waals surface area contributed by atoms with Crippen LogP contribution >= 0.6 is 38.5 Å². The summed E-state index contributed by atoms with van der Waals surface area (Å²) in [4.78, 5) is 0. The molecule has 0 amide bonds. The highest BCUT2D eigenvalue weighted by Crippen LogP contribution is 2.16. The summed E-state index contributed by atoms with van der Waals surface area (Å²) in [5.41, 5.74) is 0.821. The van der Waals surface area contributed by atoms with Crippen molar-refractivity contribution in [3.63, 3.8) is 0 Å². The molecule has 0 atom stereocenters. The molecule has 1 rings (SSSR count). The van der Waals surface area contributed by atoms with Gasteiger partial charge in [-0.05, 0) is 47.1 Å². The third kappa shape index (κ3) is 2.69. The first-order chi connectivity index (χ1) is 5.75. The van der Waals surface area contributed by atoms with E-state index < -0.39 is 0 Å². The fourth-order valence-electron chi connectivity index (χ4n) is 0.999. The molecule has 0 N–H and O–H groups in total. The van der Waals surface area contributed by atoms with Gasteiger partial charge in [0.05, 0.1) is 0 Å². The molecule has 1 aromatic carbocycles. The smallest absolute Gasteiger partial charge is 0.139 e. The lowest BCUT2D eigenvalue weighted by molar-refractivity contribution is 0.600. The maximum atomic E-state index is 13.3. The molecule has 12 heavy (non-hydrogen) atoms. The molecule has 0 saturated heterocycles. The summed E-state index contributed by atoms with van der Waals surface area (Å²) in [6, 6.07) is 5.53. The molecule has 1 aromatic rings. The largest absolute Gasteiger partial charge is 0.206 e. The van der Waals surface area contributed by atoms with Gasteiger partial charge in [-0.15, -0.1) is 0 Å². The van der Waals surface area contributed by atoms with Crippen molar-refractivity contribution in [2.75, 3.05) is 5.33 Å². The zero-order valence-corrected chi connectivity index (χ0v) is 10.2. The maximum Gasteiger partial charge on any atom is 0.139 e. The highest BCUT2D eigenvalue weighted by atomic mass is 127. The Morgan fingerprint density at radius 1 is 1.42 bits per heavy atom. The fourth-order valence-corrected chi connectivity index (χ4v) is 1.83. The second-order valence-electron chi connectivity index (χ2n) is 2.51. The van der Waals surface area contributed by atoms with Crippen LogP contribution in [0.1, 0.15) is 12.0 Å². The Hall–Kier alpha value is 0.360. The van der Waals surface area contributed by atoms with E-state index in [1.165, 1.54) is 0 Å². The second-order valence-corrected chi connectivity index (χ2v) is 4.46. The van der Waals surface area contributed by atoms with Crippen LogP contribution in [0.25, 0.3) is 0 Å². The van der Waals surface area contributed by atoms with Crippen LogP contribution in [-0.4, -0.2) is 5.33 Å². The first-order valence-electron chi connectivity index (χ1n) is 3.74. The van der Waals surface area contributed by atoms with Crippen molar-refractivity contribution >= 4 is 38.5 Å². The summed E-state index contributed by atoms with van der Waals surface area (Å²) in [5, 5.41) is 0.928. The van der Waals surface area contributed by atoms with E-state index in [1.54, 1.807) is 6.07 Å². The molecule has 0 saturated carbocycles.